The van der Waals surface area contributed by atoms with Crippen LogP contribution in [-0.4, -0.2) is 4.98 Å². The van der Waals surface area contributed by atoms with Crippen molar-refractivity contribution in [2.45, 2.75) is 19.3 Å². The molecule has 1 aliphatic carbocycles. The molecule has 2 aromatic heterocycles. The van der Waals surface area contributed by atoms with Crippen LogP contribution in [0.5, 0.6) is 0 Å². The summed E-state index contributed by atoms with van der Waals surface area (Å²) in [4.78, 5) is 7.83. The predicted molar refractivity (Wildman–Crippen MR) is 288 cm³/mol. The van der Waals surface area contributed by atoms with Crippen molar-refractivity contribution in [3.8, 4) is 66.9 Å². The summed E-state index contributed by atoms with van der Waals surface area (Å²) < 4.78 is 6.23. The minimum Gasteiger partial charge on any atom is -0.456 e. The van der Waals surface area contributed by atoms with Gasteiger partial charge in [0.05, 0.1) is 11.2 Å². The fourth-order valence-corrected chi connectivity index (χ4v) is 10.7. The molecule has 2 heterocycles. The van der Waals surface area contributed by atoms with Crippen molar-refractivity contribution in [1.29, 1.82) is 0 Å². The van der Waals surface area contributed by atoms with Crippen LogP contribution in [0.25, 0.3) is 99.7 Å². The zero-order valence-electron chi connectivity index (χ0n) is 38.4. The van der Waals surface area contributed by atoms with Gasteiger partial charge in [-0.3, -0.25) is 0 Å². The van der Waals surface area contributed by atoms with Gasteiger partial charge in [-0.05, 0) is 128 Å². The molecule has 0 radical (unpaired) electrons. The molecule has 0 bridgehead atoms. The molecule has 1 aliphatic rings. The summed E-state index contributed by atoms with van der Waals surface area (Å²) in [5.74, 6) is 0. The van der Waals surface area contributed by atoms with Gasteiger partial charge < -0.3 is 9.32 Å². The Bertz CT molecular complexity index is 3900. The number of hydrogen-bond donors (Lipinski definition) is 0. The molecule has 0 saturated carbocycles. The highest BCUT2D eigenvalue weighted by molar-refractivity contribution is 6.07. The number of nitrogens with zero attached hydrogens (tertiary/aromatic N) is 2. The first kappa shape index (κ1) is 40.5. The van der Waals surface area contributed by atoms with Crippen molar-refractivity contribution in [3.05, 3.63) is 254 Å². The Morgan fingerprint density at radius 1 is 0.348 bits per heavy atom. The second-order valence-electron chi connectivity index (χ2n) is 18.7. The molecule has 0 amide bonds. The van der Waals surface area contributed by atoms with Gasteiger partial charge in [0, 0.05) is 49.8 Å². The molecule has 326 valence electrons. The molecule has 10 aromatic carbocycles. The molecule has 0 atom stereocenters. The first-order chi connectivity index (χ1) is 33.9. The van der Waals surface area contributed by atoms with Crippen LogP contribution in [0.15, 0.2) is 247 Å². The van der Waals surface area contributed by atoms with Gasteiger partial charge in [0.2, 0.25) is 0 Å². The number of furan rings is 1. The van der Waals surface area contributed by atoms with E-state index in [-0.39, 0.29) is 5.41 Å². The van der Waals surface area contributed by atoms with E-state index in [0.717, 1.165) is 83.4 Å². The van der Waals surface area contributed by atoms with Crippen LogP contribution in [0.3, 0.4) is 0 Å². The third-order valence-corrected chi connectivity index (χ3v) is 14.3. The second-order valence-corrected chi connectivity index (χ2v) is 18.7. The monoisotopic (exact) mass is 882 g/mol. The molecular weight excluding hydrogens is 837 g/mol. The molecule has 69 heavy (non-hydrogen) atoms. The van der Waals surface area contributed by atoms with Gasteiger partial charge in [0.15, 0.2) is 0 Å². The summed E-state index contributed by atoms with van der Waals surface area (Å²) in [6, 6.07) is 87.5. The average Bonchev–Trinajstić information content (AvgIpc) is 3.90. The van der Waals surface area contributed by atoms with E-state index in [9.17, 15) is 0 Å². The number of benzene rings is 10. The van der Waals surface area contributed by atoms with E-state index >= 15 is 0 Å². The lowest BCUT2D eigenvalue weighted by molar-refractivity contribution is 0.660. The third-order valence-electron chi connectivity index (χ3n) is 14.3. The predicted octanol–water partition coefficient (Wildman–Crippen LogP) is 18.2. The van der Waals surface area contributed by atoms with Crippen LogP contribution in [0.1, 0.15) is 25.0 Å². The number of pyridine rings is 1. The van der Waals surface area contributed by atoms with Gasteiger partial charge in [-0.25, -0.2) is 4.98 Å². The summed E-state index contributed by atoms with van der Waals surface area (Å²) in [7, 11) is 0. The molecule has 0 N–H and O–H groups in total. The quantitative estimate of drug-likeness (QED) is 0.152. The highest BCUT2D eigenvalue weighted by Gasteiger charge is 2.35. The van der Waals surface area contributed by atoms with E-state index in [0.29, 0.717) is 0 Å². The SMILES string of the molecule is CC1(C)c2ccccc2-c2ccc(N(c3ccc(-c4ccc(-c5ccccc5)cc4)cc3)c3ccc(-c4nc5ccccc5cc4-c4ccccc4-c4ccc5oc6ccccc6c5c4)cc3)cc21. The van der Waals surface area contributed by atoms with E-state index in [1.807, 2.05) is 12.1 Å². The molecule has 0 unspecified atom stereocenters. The Hall–Kier alpha value is -8.79. The molecule has 3 heteroatoms. The zero-order chi connectivity index (χ0) is 46.1. The molecule has 3 nitrogen and oxygen atoms in total. The van der Waals surface area contributed by atoms with Gasteiger partial charge in [-0.2, -0.15) is 0 Å². The summed E-state index contributed by atoms with van der Waals surface area (Å²) >= 11 is 0. The summed E-state index contributed by atoms with van der Waals surface area (Å²) in [6.07, 6.45) is 0. The maximum atomic E-state index is 6.23. The lowest BCUT2D eigenvalue weighted by Gasteiger charge is -2.28. The lowest BCUT2D eigenvalue weighted by atomic mass is 9.82. The van der Waals surface area contributed by atoms with Crippen molar-refractivity contribution in [2.24, 2.45) is 0 Å². The topological polar surface area (TPSA) is 29.3 Å². The first-order valence-corrected chi connectivity index (χ1v) is 23.8. The van der Waals surface area contributed by atoms with Crippen molar-refractivity contribution in [2.75, 3.05) is 4.90 Å². The molecular formula is C66H46N2O. The van der Waals surface area contributed by atoms with Gasteiger partial charge in [-0.1, -0.05) is 190 Å². The van der Waals surface area contributed by atoms with Crippen LogP contribution < -0.4 is 4.90 Å². The first-order valence-electron chi connectivity index (χ1n) is 23.8. The van der Waals surface area contributed by atoms with Crippen LogP contribution in [0, 0.1) is 0 Å². The van der Waals surface area contributed by atoms with E-state index in [1.54, 1.807) is 0 Å². The lowest BCUT2D eigenvalue weighted by Crippen LogP contribution is -2.16. The average molecular weight is 883 g/mol. The minimum atomic E-state index is -0.139. The normalized spacial score (nSPS) is 12.6. The number of fused-ring (bicyclic) bond motifs is 7. The summed E-state index contributed by atoms with van der Waals surface area (Å²) in [5.41, 5.74) is 22.4. The largest absolute Gasteiger partial charge is 0.456 e. The maximum absolute atomic E-state index is 6.23. The fourth-order valence-electron chi connectivity index (χ4n) is 10.7. The Morgan fingerprint density at radius 2 is 0.884 bits per heavy atom. The Balaban J connectivity index is 0.916. The van der Waals surface area contributed by atoms with Crippen molar-refractivity contribution in [1.82, 2.24) is 4.98 Å². The fraction of sp³-hybridized carbons (Fsp3) is 0.0455. The number of para-hydroxylation sites is 2. The maximum Gasteiger partial charge on any atom is 0.135 e. The van der Waals surface area contributed by atoms with Gasteiger partial charge in [-0.15, -0.1) is 0 Å². The summed E-state index contributed by atoms with van der Waals surface area (Å²) in [5, 5.41) is 3.33. The number of rotatable bonds is 8. The van der Waals surface area contributed by atoms with Gasteiger partial charge >= 0.3 is 0 Å². The number of aromatic nitrogens is 1. The Morgan fingerprint density at radius 3 is 1.64 bits per heavy atom. The number of hydrogen-bond acceptors (Lipinski definition) is 3. The Labute approximate surface area is 402 Å². The Kier molecular flexibility index (Phi) is 9.52. The van der Waals surface area contributed by atoms with Crippen molar-refractivity contribution >= 4 is 49.9 Å². The van der Waals surface area contributed by atoms with Crippen LogP contribution in [0.2, 0.25) is 0 Å². The number of anilines is 3. The van der Waals surface area contributed by atoms with E-state index in [4.69, 9.17) is 9.40 Å². The van der Waals surface area contributed by atoms with Crippen LogP contribution in [-0.2, 0) is 5.41 Å². The van der Waals surface area contributed by atoms with Gasteiger partial charge in [0.1, 0.15) is 11.2 Å². The minimum absolute atomic E-state index is 0.139. The molecule has 0 fully saturated rings. The molecule has 0 saturated heterocycles. The molecule has 0 aliphatic heterocycles. The molecule has 13 rings (SSSR count). The standard InChI is InChI=1S/C66H46N2O/c1-66(2)60-21-11-9-19-55(60)56-38-37-52(42-61(56)66)68(50-33-28-46(29-34-50)45-26-24-44(25-27-45)43-14-4-3-5-15-43)51-35-30-47(31-36-51)65-59(41-49-16-6-12-22-62(49)67-65)54-18-8-7-17-53(54)48-32-39-64-58(40-48)57-20-10-13-23-63(57)69-64/h3-42H,1-2H3. The van der Waals surface area contributed by atoms with E-state index < -0.39 is 0 Å². The third kappa shape index (κ3) is 6.93. The van der Waals surface area contributed by atoms with Crippen molar-refractivity contribution < 1.29 is 4.42 Å². The van der Waals surface area contributed by atoms with Crippen molar-refractivity contribution in [3.63, 3.8) is 0 Å². The highest BCUT2D eigenvalue weighted by atomic mass is 16.3. The molecule has 12 aromatic rings. The summed E-state index contributed by atoms with van der Waals surface area (Å²) in [6.45, 7) is 4.70. The zero-order valence-corrected chi connectivity index (χ0v) is 38.4. The van der Waals surface area contributed by atoms with E-state index in [1.165, 1.54) is 44.5 Å². The van der Waals surface area contributed by atoms with Crippen LogP contribution in [0.4, 0.5) is 17.1 Å². The molecule has 0 spiro atoms. The van der Waals surface area contributed by atoms with E-state index in [2.05, 4.69) is 249 Å². The van der Waals surface area contributed by atoms with Crippen LogP contribution >= 0.6 is 0 Å². The smallest absolute Gasteiger partial charge is 0.135 e. The second kappa shape index (κ2) is 16.2. The van der Waals surface area contributed by atoms with Gasteiger partial charge in [0.25, 0.3) is 0 Å². The highest BCUT2D eigenvalue weighted by Crippen LogP contribution is 2.51.